The van der Waals surface area contributed by atoms with Crippen molar-refractivity contribution in [3.8, 4) is 6.07 Å². The number of nitriles is 1. The van der Waals surface area contributed by atoms with Gasteiger partial charge in [-0.1, -0.05) is 58.9 Å². The maximum absolute atomic E-state index is 12.3. The quantitative estimate of drug-likeness (QED) is 0.640. The fourth-order valence-electron chi connectivity index (χ4n) is 3.07. The number of hydrogen-bond donors (Lipinski definition) is 2. The van der Waals surface area contributed by atoms with Gasteiger partial charge in [-0.25, -0.2) is 0 Å². The van der Waals surface area contributed by atoms with Crippen molar-refractivity contribution in [2.45, 2.75) is 25.7 Å². The van der Waals surface area contributed by atoms with Crippen molar-refractivity contribution in [1.29, 1.82) is 5.26 Å². The predicted octanol–water partition coefficient (Wildman–Crippen LogP) is 4.72. The van der Waals surface area contributed by atoms with E-state index in [1.54, 1.807) is 12.1 Å². The molecule has 2 N–H and O–H groups in total. The molecule has 1 aliphatic heterocycles. The van der Waals surface area contributed by atoms with Gasteiger partial charge in [-0.15, -0.1) is 0 Å². The van der Waals surface area contributed by atoms with E-state index in [-0.39, 0.29) is 29.9 Å². The molecule has 1 atom stereocenters. The molecule has 7 heteroatoms. The summed E-state index contributed by atoms with van der Waals surface area (Å²) in [4.78, 5) is 24.5. The fourth-order valence-corrected chi connectivity index (χ4v) is 4.21. The third-order valence-corrected chi connectivity index (χ3v) is 6.17. The molecule has 1 heterocycles. The van der Waals surface area contributed by atoms with Crippen molar-refractivity contribution in [2.24, 2.45) is 0 Å². The Balaban J connectivity index is 1.73. The number of allylic oxidation sites excluding steroid dienone is 1. The number of carbonyl (C=O) groups is 2. The van der Waals surface area contributed by atoms with Crippen LogP contribution in [0.1, 0.15) is 30.4 Å². The van der Waals surface area contributed by atoms with Crippen molar-refractivity contribution in [1.82, 2.24) is 5.32 Å². The van der Waals surface area contributed by atoms with Crippen LogP contribution < -0.4 is 10.6 Å². The molecule has 148 valence electrons. The predicted molar refractivity (Wildman–Crippen MR) is 119 cm³/mol. The summed E-state index contributed by atoms with van der Waals surface area (Å²) in [6.07, 6.45) is 1.16. The van der Waals surface area contributed by atoms with Crippen LogP contribution in [-0.2, 0) is 16.0 Å². The van der Waals surface area contributed by atoms with Gasteiger partial charge < -0.3 is 10.6 Å². The van der Waals surface area contributed by atoms with Crippen LogP contribution in [0, 0.1) is 11.3 Å². The first kappa shape index (κ1) is 21.2. The van der Waals surface area contributed by atoms with Crippen molar-refractivity contribution < 1.29 is 9.59 Å². The van der Waals surface area contributed by atoms with Crippen LogP contribution >= 0.6 is 27.7 Å². The molecule has 2 amide bonds. The zero-order valence-electron chi connectivity index (χ0n) is 15.9. The lowest BCUT2D eigenvalue weighted by Crippen LogP contribution is -2.31. The van der Waals surface area contributed by atoms with E-state index < -0.39 is 0 Å². The molecular weight excluding hydrogens is 450 g/mol. The van der Waals surface area contributed by atoms with Crippen LogP contribution in [0.15, 0.2) is 63.6 Å². The number of benzene rings is 2. The van der Waals surface area contributed by atoms with Gasteiger partial charge in [0.15, 0.2) is 0 Å². The molecule has 0 aromatic heterocycles. The van der Waals surface area contributed by atoms with Gasteiger partial charge in [0.05, 0.1) is 22.4 Å². The number of carbonyl (C=O) groups excluding carboxylic acids is 2. The van der Waals surface area contributed by atoms with Gasteiger partial charge in [0.1, 0.15) is 0 Å². The Bertz CT molecular complexity index is 979. The molecule has 2 aromatic carbocycles. The zero-order valence-corrected chi connectivity index (χ0v) is 18.3. The van der Waals surface area contributed by atoms with Gasteiger partial charge >= 0.3 is 0 Å². The number of hydrogen-bond acceptors (Lipinski definition) is 4. The number of anilines is 1. The van der Waals surface area contributed by atoms with Crippen molar-refractivity contribution in [3.05, 3.63) is 74.7 Å². The van der Waals surface area contributed by atoms with Crippen LogP contribution in [0.2, 0.25) is 0 Å². The summed E-state index contributed by atoms with van der Waals surface area (Å²) >= 11 is 4.53. The summed E-state index contributed by atoms with van der Waals surface area (Å²) in [5, 5.41) is 15.8. The third kappa shape index (κ3) is 5.49. The van der Waals surface area contributed by atoms with E-state index >= 15 is 0 Å². The summed E-state index contributed by atoms with van der Waals surface area (Å²) in [6, 6.07) is 17.5. The number of amides is 2. The summed E-state index contributed by atoms with van der Waals surface area (Å²) in [7, 11) is 0. The average molecular weight is 470 g/mol. The molecule has 0 radical (unpaired) electrons. The Morgan fingerprint density at radius 2 is 1.93 bits per heavy atom. The number of nitrogens with one attached hydrogen (secondary N) is 2. The van der Waals surface area contributed by atoms with Crippen LogP contribution in [0.5, 0.6) is 0 Å². The Morgan fingerprint density at radius 3 is 2.55 bits per heavy atom. The Labute approximate surface area is 182 Å². The molecule has 5 nitrogen and oxygen atoms in total. The summed E-state index contributed by atoms with van der Waals surface area (Å²) in [5.74, 6) is -0.551. The maximum Gasteiger partial charge on any atom is 0.234 e. The third-order valence-electron chi connectivity index (χ3n) is 4.62. The van der Waals surface area contributed by atoms with Crippen LogP contribution in [-0.4, -0.2) is 17.6 Å². The number of aryl methyl sites for hydroxylation is 1. The Kier molecular flexibility index (Phi) is 7.13. The molecule has 0 bridgehead atoms. The summed E-state index contributed by atoms with van der Waals surface area (Å²) < 4.78 is 0.927. The molecule has 29 heavy (non-hydrogen) atoms. The first-order chi connectivity index (χ1) is 14.0. The standard InChI is InChI=1S/C22H20BrN3O2S/c1-2-14-3-5-15(6-4-14)18-11-20(27)26-22(19(18)12-24)29-13-21(28)25-17-9-7-16(23)8-10-17/h3-10,18H,2,11,13H2,1H3,(H,25,28)(H,26,27)/t18-/m1/s1. The van der Waals surface area contributed by atoms with E-state index in [2.05, 4.69) is 39.6 Å². The van der Waals surface area contributed by atoms with Gasteiger partial charge in [0.25, 0.3) is 0 Å². The molecule has 0 saturated carbocycles. The van der Waals surface area contributed by atoms with Gasteiger partial charge in [-0.05, 0) is 41.8 Å². The van der Waals surface area contributed by atoms with Gasteiger partial charge in [-0.3, -0.25) is 9.59 Å². The minimum Gasteiger partial charge on any atom is -0.325 e. The summed E-state index contributed by atoms with van der Waals surface area (Å²) in [5.41, 5.74) is 3.33. The molecule has 0 saturated heterocycles. The number of rotatable bonds is 6. The zero-order chi connectivity index (χ0) is 20.8. The second-order valence-electron chi connectivity index (χ2n) is 6.60. The van der Waals surface area contributed by atoms with E-state index in [1.807, 2.05) is 36.4 Å². The molecule has 0 unspecified atom stereocenters. The van der Waals surface area contributed by atoms with E-state index in [0.29, 0.717) is 16.3 Å². The Hall–Kier alpha value is -2.56. The largest absolute Gasteiger partial charge is 0.325 e. The number of nitrogens with zero attached hydrogens (tertiary/aromatic N) is 1. The van der Waals surface area contributed by atoms with Crippen molar-refractivity contribution in [3.63, 3.8) is 0 Å². The molecule has 2 aromatic rings. The maximum atomic E-state index is 12.3. The van der Waals surface area contributed by atoms with Crippen molar-refractivity contribution in [2.75, 3.05) is 11.1 Å². The lowest BCUT2D eigenvalue weighted by molar-refractivity contribution is -0.121. The topological polar surface area (TPSA) is 82.0 Å². The van der Waals surface area contributed by atoms with E-state index in [1.165, 1.54) is 17.3 Å². The molecular formula is C22H20BrN3O2S. The van der Waals surface area contributed by atoms with Crippen LogP contribution in [0.25, 0.3) is 0 Å². The van der Waals surface area contributed by atoms with E-state index in [4.69, 9.17) is 0 Å². The highest BCUT2D eigenvalue weighted by Crippen LogP contribution is 2.36. The number of thioether (sulfide) groups is 1. The highest BCUT2D eigenvalue weighted by atomic mass is 79.9. The lowest BCUT2D eigenvalue weighted by Gasteiger charge is -2.25. The van der Waals surface area contributed by atoms with E-state index in [0.717, 1.165) is 16.5 Å². The molecule has 0 fully saturated rings. The second kappa shape index (κ2) is 9.77. The SMILES string of the molecule is CCc1ccc([C@H]2CC(=O)NC(SCC(=O)Nc3ccc(Br)cc3)=C2C#N)cc1. The normalized spacial score (nSPS) is 16.2. The fraction of sp³-hybridized carbons (Fsp3) is 0.227. The van der Waals surface area contributed by atoms with Crippen molar-refractivity contribution >= 4 is 45.2 Å². The van der Waals surface area contributed by atoms with Gasteiger partial charge in [0.2, 0.25) is 11.8 Å². The molecule has 0 aliphatic carbocycles. The first-order valence-electron chi connectivity index (χ1n) is 9.21. The number of halogens is 1. The van der Waals surface area contributed by atoms with E-state index in [9.17, 15) is 14.9 Å². The first-order valence-corrected chi connectivity index (χ1v) is 11.0. The monoisotopic (exact) mass is 469 g/mol. The average Bonchev–Trinajstić information content (AvgIpc) is 2.73. The lowest BCUT2D eigenvalue weighted by atomic mass is 9.86. The molecule has 0 spiro atoms. The van der Waals surface area contributed by atoms with Gasteiger partial charge in [-0.2, -0.15) is 5.26 Å². The highest BCUT2D eigenvalue weighted by Gasteiger charge is 2.29. The highest BCUT2D eigenvalue weighted by molar-refractivity contribution is 9.10. The minimum atomic E-state index is -0.295. The minimum absolute atomic E-state index is 0.0956. The van der Waals surface area contributed by atoms with Crippen LogP contribution in [0.3, 0.4) is 0 Å². The second-order valence-corrected chi connectivity index (χ2v) is 8.50. The molecule has 3 rings (SSSR count). The Morgan fingerprint density at radius 1 is 1.24 bits per heavy atom. The van der Waals surface area contributed by atoms with Gasteiger partial charge in [0, 0.05) is 22.5 Å². The molecule has 1 aliphatic rings. The smallest absolute Gasteiger partial charge is 0.234 e. The van der Waals surface area contributed by atoms with Crippen LogP contribution in [0.4, 0.5) is 5.69 Å². The summed E-state index contributed by atoms with van der Waals surface area (Å²) in [6.45, 7) is 2.08.